The van der Waals surface area contributed by atoms with E-state index in [1.165, 1.54) is 0 Å². The fourth-order valence-corrected chi connectivity index (χ4v) is 2.71. The highest BCUT2D eigenvalue weighted by atomic mass is 16.5. The van der Waals surface area contributed by atoms with Crippen LogP contribution in [0, 0.1) is 0 Å². The minimum Gasteiger partial charge on any atom is -0.493 e. The van der Waals surface area contributed by atoms with Gasteiger partial charge in [-0.2, -0.15) is 5.10 Å². The third kappa shape index (κ3) is 4.76. The molecular weight excluding hydrogens is 352 g/mol. The lowest BCUT2D eigenvalue weighted by molar-refractivity contribution is 0.0955. The van der Waals surface area contributed by atoms with Gasteiger partial charge in [0.2, 0.25) is 0 Å². The molecule has 5 nitrogen and oxygen atoms in total. The van der Waals surface area contributed by atoms with E-state index < -0.39 is 0 Å². The molecule has 0 saturated heterocycles. The number of nitrogens with one attached hydrogen (secondary N) is 1. The summed E-state index contributed by atoms with van der Waals surface area (Å²) in [6, 6.07) is 22.9. The number of hydrazone groups is 1. The number of carbonyl (C=O) groups excluding carboxylic acids is 1. The van der Waals surface area contributed by atoms with E-state index in [0.29, 0.717) is 23.7 Å². The minimum absolute atomic E-state index is 0.270. The number of methoxy groups -OCH3 is 1. The van der Waals surface area contributed by atoms with Gasteiger partial charge in [-0.1, -0.05) is 42.5 Å². The summed E-state index contributed by atoms with van der Waals surface area (Å²) >= 11 is 0. The molecule has 0 aromatic heterocycles. The topological polar surface area (TPSA) is 59.9 Å². The normalized spacial score (nSPS) is 10.6. The van der Waals surface area contributed by atoms with Gasteiger partial charge in [0.1, 0.15) is 0 Å². The Morgan fingerprint density at radius 2 is 1.68 bits per heavy atom. The second-order valence-corrected chi connectivity index (χ2v) is 5.99. The molecule has 28 heavy (non-hydrogen) atoms. The standard InChI is InChI=1S/C23H22N2O3/c1-3-28-21-14-9-17(15-22(21)27-2)16-24-25-23(26)20-12-10-19(11-13-20)18-7-5-4-6-8-18/h4-16H,3H2,1-2H3,(H,25,26)/b24-16+. The molecule has 0 aliphatic rings. The van der Waals surface area contributed by atoms with E-state index >= 15 is 0 Å². The Balaban J connectivity index is 1.63. The number of hydrogen-bond acceptors (Lipinski definition) is 4. The van der Waals surface area contributed by atoms with Crippen LogP contribution in [0.4, 0.5) is 0 Å². The fourth-order valence-electron chi connectivity index (χ4n) is 2.71. The molecule has 142 valence electrons. The van der Waals surface area contributed by atoms with E-state index in [2.05, 4.69) is 10.5 Å². The van der Waals surface area contributed by atoms with E-state index in [9.17, 15) is 4.79 Å². The van der Waals surface area contributed by atoms with Gasteiger partial charge in [0.25, 0.3) is 5.91 Å². The van der Waals surface area contributed by atoms with Gasteiger partial charge < -0.3 is 9.47 Å². The van der Waals surface area contributed by atoms with Crippen molar-refractivity contribution in [2.45, 2.75) is 6.92 Å². The smallest absolute Gasteiger partial charge is 0.271 e. The lowest BCUT2D eigenvalue weighted by atomic mass is 10.0. The summed E-state index contributed by atoms with van der Waals surface area (Å²) in [6.07, 6.45) is 1.56. The van der Waals surface area contributed by atoms with E-state index in [-0.39, 0.29) is 5.91 Å². The zero-order valence-corrected chi connectivity index (χ0v) is 15.9. The summed E-state index contributed by atoms with van der Waals surface area (Å²) < 4.78 is 10.8. The SMILES string of the molecule is CCOc1ccc(/C=N/NC(=O)c2ccc(-c3ccccc3)cc2)cc1OC. The molecule has 5 heteroatoms. The number of benzene rings is 3. The Kier molecular flexibility index (Phi) is 6.41. The number of carbonyl (C=O) groups is 1. The van der Waals surface area contributed by atoms with Gasteiger partial charge in [-0.05, 0) is 53.9 Å². The fraction of sp³-hybridized carbons (Fsp3) is 0.130. The molecule has 3 aromatic carbocycles. The molecule has 0 radical (unpaired) electrons. The van der Waals surface area contributed by atoms with E-state index in [4.69, 9.17) is 9.47 Å². The zero-order valence-electron chi connectivity index (χ0n) is 15.9. The molecule has 3 aromatic rings. The second kappa shape index (κ2) is 9.37. The number of ether oxygens (including phenoxy) is 2. The van der Waals surface area contributed by atoms with Crippen LogP contribution in [0.1, 0.15) is 22.8 Å². The van der Waals surface area contributed by atoms with Crippen LogP contribution in [0.25, 0.3) is 11.1 Å². The first-order chi connectivity index (χ1) is 13.7. The summed E-state index contributed by atoms with van der Waals surface area (Å²) in [5.41, 5.74) is 6.04. The Hall–Kier alpha value is -3.60. The van der Waals surface area contributed by atoms with Crippen LogP contribution in [-0.4, -0.2) is 25.8 Å². The van der Waals surface area contributed by atoms with Crippen LogP contribution < -0.4 is 14.9 Å². The Bertz CT molecular complexity index is 951. The minimum atomic E-state index is -0.270. The maximum Gasteiger partial charge on any atom is 0.271 e. The quantitative estimate of drug-likeness (QED) is 0.488. The van der Waals surface area contributed by atoms with Crippen LogP contribution in [0.15, 0.2) is 77.9 Å². The molecule has 0 spiro atoms. The van der Waals surface area contributed by atoms with Crippen molar-refractivity contribution < 1.29 is 14.3 Å². The number of rotatable bonds is 7. The lowest BCUT2D eigenvalue weighted by Gasteiger charge is -2.09. The first-order valence-corrected chi connectivity index (χ1v) is 9.01. The van der Waals surface area contributed by atoms with Gasteiger partial charge in [0.05, 0.1) is 19.9 Å². The monoisotopic (exact) mass is 374 g/mol. The summed E-state index contributed by atoms with van der Waals surface area (Å²) in [6.45, 7) is 2.47. The maximum atomic E-state index is 12.3. The third-order valence-corrected chi connectivity index (χ3v) is 4.12. The van der Waals surface area contributed by atoms with Gasteiger partial charge in [0, 0.05) is 5.56 Å². The van der Waals surface area contributed by atoms with Crippen molar-refractivity contribution in [1.82, 2.24) is 5.43 Å². The van der Waals surface area contributed by atoms with E-state index in [1.54, 1.807) is 31.5 Å². The molecule has 0 unspecified atom stereocenters. The summed E-state index contributed by atoms with van der Waals surface area (Å²) in [7, 11) is 1.58. The highest BCUT2D eigenvalue weighted by Gasteiger charge is 2.06. The maximum absolute atomic E-state index is 12.3. The third-order valence-electron chi connectivity index (χ3n) is 4.12. The average molecular weight is 374 g/mol. The van der Waals surface area contributed by atoms with Crippen molar-refractivity contribution >= 4 is 12.1 Å². The molecule has 1 amide bonds. The van der Waals surface area contributed by atoms with Crippen LogP contribution in [0.3, 0.4) is 0 Å². The van der Waals surface area contributed by atoms with Gasteiger partial charge in [0.15, 0.2) is 11.5 Å². The highest BCUT2D eigenvalue weighted by molar-refractivity contribution is 5.95. The molecule has 0 fully saturated rings. The van der Waals surface area contributed by atoms with Gasteiger partial charge in [-0.25, -0.2) is 5.43 Å². The molecule has 0 saturated carbocycles. The van der Waals surface area contributed by atoms with Crippen LogP contribution >= 0.6 is 0 Å². The van der Waals surface area contributed by atoms with Crippen LogP contribution in [0.5, 0.6) is 11.5 Å². The second-order valence-electron chi connectivity index (χ2n) is 5.99. The van der Waals surface area contributed by atoms with Crippen molar-refractivity contribution in [3.63, 3.8) is 0 Å². The Morgan fingerprint density at radius 1 is 0.964 bits per heavy atom. The average Bonchev–Trinajstić information content (AvgIpc) is 2.75. The number of hydrogen-bond donors (Lipinski definition) is 1. The zero-order chi connectivity index (χ0) is 19.8. The first-order valence-electron chi connectivity index (χ1n) is 9.01. The molecule has 0 aliphatic carbocycles. The van der Waals surface area contributed by atoms with Crippen LogP contribution in [0.2, 0.25) is 0 Å². The summed E-state index contributed by atoms with van der Waals surface area (Å²) in [5, 5.41) is 4.03. The summed E-state index contributed by atoms with van der Waals surface area (Å²) in [4.78, 5) is 12.3. The first kappa shape index (κ1) is 19.2. The largest absolute Gasteiger partial charge is 0.493 e. The van der Waals surface area contributed by atoms with Crippen molar-refractivity contribution in [1.29, 1.82) is 0 Å². The molecule has 0 heterocycles. The van der Waals surface area contributed by atoms with Crippen molar-refractivity contribution in [3.8, 4) is 22.6 Å². The van der Waals surface area contributed by atoms with Gasteiger partial charge >= 0.3 is 0 Å². The van der Waals surface area contributed by atoms with Crippen LogP contribution in [-0.2, 0) is 0 Å². The van der Waals surface area contributed by atoms with E-state index in [0.717, 1.165) is 16.7 Å². The Labute approximate surface area is 164 Å². The van der Waals surface area contributed by atoms with Crippen molar-refractivity contribution in [2.24, 2.45) is 5.10 Å². The highest BCUT2D eigenvalue weighted by Crippen LogP contribution is 2.27. The number of amides is 1. The summed E-state index contributed by atoms with van der Waals surface area (Å²) in [5.74, 6) is 1.02. The molecular formula is C23H22N2O3. The van der Waals surface area contributed by atoms with E-state index in [1.807, 2.05) is 61.5 Å². The lowest BCUT2D eigenvalue weighted by Crippen LogP contribution is -2.17. The number of nitrogens with zero attached hydrogens (tertiary/aromatic N) is 1. The Morgan fingerprint density at radius 3 is 2.36 bits per heavy atom. The predicted molar refractivity (Wildman–Crippen MR) is 111 cm³/mol. The molecule has 0 bridgehead atoms. The van der Waals surface area contributed by atoms with Crippen molar-refractivity contribution in [2.75, 3.05) is 13.7 Å². The van der Waals surface area contributed by atoms with Crippen molar-refractivity contribution in [3.05, 3.63) is 83.9 Å². The van der Waals surface area contributed by atoms with Gasteiger partial charge in [-0.15, -0.1) is 0 Å². The molecule has 0 atom stereocenters. The molecule has 3 rings (SSSR count). The molecule has 1 N–H and O–H groups in total. The van der Waals surface area contributed by atoms with Gasteiger partial charge in [-0.3, -0.25) is 4.79 Å². The molecule has 0 aliphatic heterocycles. The predicted octanol–water partition coefficient (Wildman–Crippen LogP) is 4.52.